The lowest BCUT2D eigenvalue weighted by Crippen LogP contribution is -2.34. The first-order chi connectivity index (χ1) is 5.99. The third-order valence-electron chi connectivity index (χ3n) is 1.03. The van der Waals surface area contributed by atoms with E-state index in [0.717, 1.165) is 6.08 Å². The van der Waals surface area contributed by atoms with Crippen LogP contribution >= 0.6 is 0 Å². The molecule has 8 heteroatoms. The molecule has 0 saturated heterocycles. The number of ether oxygens (including phenoxy) is 1. The minimum atomic E-state index is -2.12. The van der Waals surface area contributed by atoms with E-state index in [1.807, 2.05) is 0 Å². The quantitative estimate of drug-likeness (QED) is 0.191. The van der Waals surface area contributed by atoms with Crippen LogP contribution in [0.4, 0.5) is 0 Å². The second kappa shape index (κ2) is 4.80. The summed E-state index contributed by atoms with van der Waals surface area (Å²) >= 11 is 0. The molecule has 0 radical (unpaired) electrons. The van der Waals surface area contributed by atoms with Gasteiger partial charge in [0, 0.05) is 6.08 Å². The van der Waals surface area contributed by atoms with Crippen molar-refractivity contribution in [3.05, 3.63) is 32.9 Å². The maximum absolute atomic E-state index is 10.4. The number of esters is 1. The van der Waals surface area contributed by atoms with E-state index in [9.17, 15) is 25.0 Å². The highest BCUT2D eigenvalue weighted by Crippen LogP contribution is 1.93. The first kappa shape index (κ1) is 11.0. The van der Waals surface area contributed by atoms with Crippen LogP contribution in [-0.2, 0) is 9.53 Å². The second-order valence-corrected chi connectivity index (χ2v) is 1.89. The van der Waals surface area contributed by atoms with Crippen LogP contribution in [0.1, 0.15) is 0 Å². The Morgan fingerprint density at radius 3 is 2.23 bits per heavy atom. The summed E-state index contributed by atoms with van der Waals surface area (Å²) < 4.78 is 4.14. The van der Waals surface area contributed by atoms with Crippen LogP contribution in [0.3, 0.4) is 0 Å². The molecule has 0 saturated carbocycles. The fourth-order valence-electron chi connectivity index (χ4n) is 0.414. The molecule has 0 rings (SSSR count). The second-order valence-electron chi connectivity index (χ2n) is 1.89. The first-order valence-electron chi connectivity index (χ1n) is 3.05. The van der Waals surface area contributed by atoms with Gasteiger partial charge in [0.05, 0.1) is 9.85 Å². The monoisotopic (exact) mass is 190 g/mol. The molecule has 0 heterocycles. The van der Waals surface area contributed by atoms with E-state index in [0.29, 0.717) is 0 Å². The minimum Gasteiger partial charge on any atom is -0.447 e. The Bertz CT molecular complexity index is 235. The molecule has 0 aromatic rings. The molecule has 0 aliphatic rings. The van der Waals surface area contributed by atoms with Crippen LogP contribution in [0.15, 0.2) is 12.7 Å². The van der Waals surface area contributed by atoms with Crippen molar-refractivity contribution < 1.29 is 19.4 Å². The highest BCUT2D eigenvalue weighted by atomic mass is 16.7. The van der Waals surface area contributed by atoms with Crippen molar-refractivity contribution in [2.24, 2.45) is 0 Å². The van der Waals surface area contributed by atoms with Crippen LogP contribution in [0.25, 0.3) is 0 Å². The molecule has 0 bridgehead atoms. The maximum atomic E-state index is 10.4. The van der Waals surface area contributed by atoms with Crippen molar-refractivity contribution in [3.8, 4) is 0 Å². The number of carbonyl (C=O) groups excluding carboxylic acids is 1. The molecule has 0 aromatic heterocycles. The van der Waals surface area contributed by atoms with Gasteiger partial charge in [0.15, 0.2) is 0 Å². The third-order valence-corrected chi connectivity index (χ3v) is 1.03. The zero-order valence-corrected chi connectivity index (χ0v) is 6.41. The molecule has 72 valence electrons. The van der Waals surface area contributed by atoms with Gasteiger partial charge in [-0.25, -0.2) is 4.79 Å². The predicted octanol–water partition coefficient (Wildman–Crippen LogP) is -0.405. The van der Waals surface area contributed by atoms with Crippen molar-refractivity contribution in [2.75, 3.05) is 6.61 Å². The lowest BCUT2D eigenvalue weighted by atomic mass is 10.5. The van der Waals surface area contributed by atoms with Gasteiger partial charge < -0.3 is 4.74 Å². The lowest BCUT2D eigenvalue weighted by Gasteiger charge is -2.01. The summed E-state index contributed by atoms with van der Waals surface area (Å²) in [5, 5.41) is 20.0. The molecule has 0 N–H and O–H groups in total. The number of rotatable bonds is 5. The zero-order chi connectivity index (χ0) is 10.4. The summed E-state index contributed by atoms with van der Waals surface area (Å²) in [6.07, 6.45) is -1.36. The Balaban J connectivity index is 4.12. The fourth-order valence-corrected chi connectivity index (χ4v) is 0.414. The predicted molar refractivity (Wildman–Crippen MR) is 38.9 cm³/mol. The van der Waals surface area contributed by atoms with Crippen LogP contribution in [0, 0.1) is 20.2 Å². The van der Waals surface area contributed by atoms with Gasteiger partial charge in [0.2, 0.25) is 6.61 Å². The summed E-state index contributed by atoms with van der Waals surface area (Å²) in [7, 11) is 0. The summed E-state index contributed by atoms with van der Waals surface area (Å²) in [4.78, 5) is 28.1. The molecule has 0 unspecified atom stereocenters. The molecule has 8 nitrogen and oxygen atoms in total. The van der Waals surface area contributed by atoms with Crippen molar-refractivity contribution in [2.45, 2.75) is 6.17 Å². The topological polar surface area (TPSA) is 113 Å². The van der Waals surface area contributed by atoms with Gasteiger partial charge in [0.25, 0.3) is 0 Å². The molecule has 0 amide bonds. The van der Waals surface area contributed by atoms with Crippen LogP contribution in [0.2, 0.25) is 0 Å². The highest BCUT2D eigenvalue weighted by molar-refractivity contribution is 5.81. The van der Waals surface area contributed by atoms with Gasteiger partial charge in [-0.1, -0.05) is 6.58 Å². The van der Waals surface area contributed by atoms with Crippen LogP contribution in [0.5, 0.6) is 0 Å². The third kappa shape index (κ3) is 3.79. The Labute approximate surface area is 72.1 Å². The van der Waals surface area contributed by atoms with E-state index in [4.69, 9.17) is 0 Å². The number of nitro groups is 2. The first-order valence-corrected chi connectivity index (χ1v) is 3.05. The van der Waals surface area contributed by atoms with Gasteiger partial charge in [-0.05, 0) is 0 Å². The maximum Gasteiger partial charge on any atom is 0.483 e. The molecule has 0 atom stereocenters. The van der Waals surface area contributed by atoms with Crippen LogP contribution < -0.4 is 0 Å². The number of hydrogen-bond donors (Lipinski definition) is 0. The van der Waals surface area contributed by atoms with E-state index in [1.54, 1.807) is 0 Å². The van der Waals surface area contributed by atoms with Crippen molar-refractivity contribution in [3.63, 3.8) is 0 Å². The highest BCUT2D eigenvalue weighted by Gasteiger charge is 2.33. The Morgan fingerprint density at radius 1 is 1.46 bits per heavy atom. The van der Waals surface area contributed by atoms with Crippen LogP contribution in [-0.4, -0.2) is 28.6 Å². The Morgan fingerprint density at radius 2 is 1.92 bits per heavy atom. The molecule has 0 aromatic carbocycles. The van der Waals surface area contributed by atoms with Gasteiger partial charge in [-0.2, -0.15) is 0 Å². The average molecular weight is 190 g/mol. The molecular formula is C5H6N2O6. The van der Waals surface area contributed by atoms with E-state index in [-0.39, 0.29) is 0 Å². The van der Waals surface area contributed by atoms with E-state index in [2.05, 4.69) is 11.3 Å². The fraction of sp³-hybridized carbons (Fsp3) is 0.400. The van der Waals surface area contributed by atoms with E-state index in [1.165, 1.54) is 0 Å². The normalized spacial score (nSPS) is 9.31. The van der Waals surface area contributed by atoms with Gasteiger partial charge in [-0.3, -0.25) is 20.2 Å². The standard InChI is InChI=1S/C5H6N2O6/c1-2-5(8)13-3-4(6(9)10)7(11)12/h2,4H,1,3H2. The van der Waals surface area contributed by atoms with Crippen molar-refractivity contribution in [1.82, 2.24) is 0 Å². The molecule has 0 fully saturated rings. The summed E-state index contributed by atoms with van der Waals surface area (Å²) in [6, 6.07) is 0. The SMILES string of the molecule is C=CC(=O)OCC([N+](=O)[O-])[N+](=O)[O-]. The van der Waals surface area contributed by atoms with E-state index < -0.39 is 28.6 Å². The van der Waals surface area contributed by atoms with Crippen molar-refractivity contribution in [1.29, 1.82) is 0 Å². The largest absolute Gasteiger partial charge is 0.483 e. The number of carbonyl (C=O) groups is 1. The lowest BCUT2D eigenvalue weighted by molar-refractivity contribution is -0.743. The summed E-state index contributed by atoms with van der Waals surface area (Å²) in [6.45, 7) is 2.12. The number of hydrogen-bond acceptors (Lipinski definition) is 6. The van der Waals surface area contributed by atoms with Gasteiger partial charge in [0.1, 0.15) is 0 Å². The average Bonchev–Trinajstić information content (AvgIpc) is 2.03. The molecular weight excluding hydrogens is 184 g/mol. The molecule has 0 spiro atoms. The summed E-state index contributed by atoms with van der Waals surface area (Å²) in [5.41, 5.74) is 0. The summed E-state index contributed by atoms with van der Waals surface area (Å²) in [5.74, 6) is -0.936. The Kier molecular flexibility index (Phi) is 4.07. The van der Waals surface area contributed by atoms with E-state index >= 15 is 0 Å². The Hall–Kier alpha value is -1.99. The van der Waals surface area contributed by atoms with Gasteiger partial charge >= 0.3 is 12.1 Å². The molecule has 0 aliphatic heterocycles. The zero-order valence-electron chi connectivity index (χ0n) is 6.41. The van der Waals surface area contributed by atoms with Gasteiger partial charge in [-0.15, -0.1) is 0 Å². The van der Waals surface area contributed by atoms with Crippen molar-refractivity contribution >= 4 is 5.97 Å². The molecule has 13 heavy (non-hydrogen) atoms. The number of nitrogens with zero attached hydrogens (tertiary/aromatic N) is 2. The smallest absolute Gasteiger partial charge is 0.447 e. The minimum absolute atomic E-state index is 0.761. The molecule has 0 aliphatic carbocycles.